The number of primary amides is 1. The van der Waals surface area contributed by atoms with Gasteiger partial charge in [-0.3, -0.25) is 4.79 Å². The fourth-order valence-electron chi connectivity index (χ4n) is 0.982. The number of hydrogen-bond donors (Lipinski definition) is 1. The molecule has 0 aliphatic carbocycles. The van der Waals surface area contributed by atoms with E-state index >= 15 is 0 Å². The van der Waals surface area contributed by atoms with Gasteiger partial charge < -0.3 is 10.3 Å². The van der Waals surface area contributed by atoms with Crippen molar-refractivity contribution in [3.63, 3.8) is 0 Å². The predicted octanol–water partition coefficient (Wildman–Crippen LogP) is 1.82. The van der Waals surface area contributed by atoms with Gasteiger partial charge in [-0.25, -0.2) is 0 Å². The van der Waals surface area contributed by atoms with Gasteiger partial charge in [0.2, 0.25) is 5.91 Å². The summed E-state index contributed by atoms with van der Waals surface area (Å²) in [6.45, 7) is 3.97. The number of hydrogen-bond acceptors (Lipinski definition) is 1. The van der Waals surface area contributed by atoms with Gasteiger partial charge in [0.15, 0.2) is 0 Å². The first-order valence-corrected chi connectivity index (χ1v) is 4.07. The smallest absolute Gasteiger partial charge is 0.250 e. The average molecular weight is 187 g/mol. The lowest BCUT2D eigenvalue weighted by atomic mass is 10.3. The number of rotatable bonds is 2. The second-order valence-corrected chi connectivity index (χ2v) is 3.30. The van der Waals surface area contributed by atoms with Gasteiger partial charge in [-0.15, -0.1) is 0 Å². The van der Waals surface area contributed by atoms with Crippen LogP contribution in [0.1, 0.15) is 30.2 Å². The Balaban J connectivity index is 3.09. The molecule has 1 amide bonds. The lowest BCUT2D eigenvalue weighted by molar-refractivity contribution is 0.100. The van der Waals surface area contributed by atoms with Crippen molar-refractivity contribution in [3.05, 3.63) is 23.0 Å². The molecule has 3 nitrogen and oxygen atoms in total. The van der Waals surface area contributed by atoms with E-state index in [1.165, 1.54) is 0 Å². The molecule has 0 bridgehead atoms. The summed E-state index contributed by atoms with van der Waals surface area (Å²) in [5.74, 6) is -0.448. The van der Waals surface area contributed by atoms with Crippen LogP contribution in [0.3, 0.4) is 0 Å². The summed E-state index contributed by atoms with van der Waals surface area (Å²) >= 11 is 5.84. The van der Waals surface area contributed by atoms with Gasteiger partial charge in [0.1, 0.15) is 5.15 Å². The third kappa shape index (κ3) is 1.61. The number of aromatic nitrogens is 1. The van der Waals surface area contributed by atoms with E-state index in [2.05, 4.69) is 0 Å². The summed E-state index contributed by atoms with van der Waals surface area (Å²) in [6, 6.07) is 1.81. The Kier molecular flexibility index (Phi) is 2.43. The molecule has 0 atom stereocenters. The van der Waals surface area contributed by atoms with Gasteiger partial charge in [0.25, 0.3) is 0 Å². The van der Waals surface area contributed by atoms with Crippen molar-refractivity contribution in [2.45, 2.75) is 19.9 Å². The summed E-state index contributed by atoms with van der Waals surface area (Å²) in [6.07, 6.45) is 1.66. The second kappa shape index (κ2) is 3.19. The molecule has 4 heteroatoms. The maximum atomic E-state index is 10.7. The van der Waals surface area contributed by atoms with Gasteiger partial charge in [-0.05, 0) is 19.9 Å². The van der Waals surface area contributed by atoms with Gasteiger partial charge in [-0.2, -0.15) is 0 Å². The maximum absolute atomic E-state index is 10.7. The molecule has 0 saturated heterocycles. The normalized spacial score (nSPS) is 10.7. The molecule has 66 valence electrons. The van der Waals surface area contributed by atoms with Crippen LogP contribution in [0, 0.1) is 0 Å². The van der Waals surface area contributed by atoms with Gasteiger partial charge >= 0.3 is 0 Å². The van der Waals surface area contributed by atoms with E-state index in [4.69, 9.17) is 17.3 Å². The number of nitrogens with two attached hydrogens (primary N) is 1. The van der Waals surface area contributed by atoms with Crippen LogP contribution in [0.4, 0.5) is 0 Å². The summed E-state index contributed by atoms with van der Waals surface area (Å²) in [7, 11) is 0. The van der Waals surface area contributed by atoms with Crippen LogP contribution in [0.5, 0.6) is 0 Å². The molecule has 2 N–H and O–H groups in total. The highest BCUT2D eigenvalue weighted by molar-refractivity contribution is 6.30. The van der Waals surface area contributed by atoms with Crippen molar-refractivity contribution in [1.82, 2.24) is 4.57 Å². The molecular formula is C8H11ClN2O. The van der Waals surface area contributed by atoms with Crippen molar-refractivity contribution in [1.29, 1.82) is 0 Å². The summed E-state index contributed by atoms with van der Waals surface area (Å²) in [5.41, 5.74) is 5.54. The second-order valence-electron chi connectivity index (χ2n) is 2.92. The van der Waals surface area contributed by atoms with Crippen LogP contribution in [0.15, 0.2) is 12.3 Å². The van der Waals surface area contributed by atoms with Crippen LogP contribution in [-0.2, 0) is 0 Å². The first-order chi connectivity index (χ1) is 5.52. The summed E-state index contributed by atoms with van der Waals surface area (Å²) in [5, 5.41) is 0.541. The van der Waals surface area contributed by atoms with Crippen LogP contribution >= 0.6 is 11.6 Å². The minimum atomic E-state index is -0.448. The number of carbonyl (C=O) groups excluding carboxylic acids is 1. The van der Waals surface area contributed by atoms with Crippen molar-refractivity contribution >= 4 is 17.5 Å². The third-order valence-corrected chi connectivity index (χ3v) is 1.94. The van der Waals surface area contributed by atoms with E-state index in [1.807, 2.05) is 13.8 Å². The molecule has 0 unspecified atom stereocenters. The number of nitrogens with zero attached hydrogens (tertiary/aromatic N) is 1. The molecule has 0 fully saturated rings. The van der Waals surface area contributed by atoms with Crippen LogP contribution in [0.25, 0.3) is 0 Å². The largest absolute Gasteiger partial charge is 0.366 e. The minimum absolute atomic E-state index is 0.241. The van der Waals surface area contributed by atoms with Crippen LogP contribution in [0.2, 0.25) is 5.15 Å². The maximum Gasteiger partial charge on any atom is 0.250 e. The first kappa shape index (κ1) is 9.13. The van der Waals surface area contributed by atoms with E-state index in [0.29, 0.717) is 10.7 Å². The Hall–Kier alpha value is -0.960. The molecule has 0 aliphatic rings. The van der Waals surface area contributed by atoms with Crippen LogP contribution in [-0.4, -0.2) is 10.5 Å². The lowest BCUT2D eigenvalue weighted by Crippen LogP contribution is -2.09. The monoisotopic (exact) mass is 186 g/mol. The zero-order chi connectivity index (χ0) is 9.30. The highest BCUT2D eigenvalue weighted by Gasteiger charge is 2.09. The summed E-state index contributed by atoms with van der Waals surface area (Å²) in [4.78, 5) is 10.7. The Labute approximate surface area is 76.1 Å². The molecule has 0 aromatic carbocycles. The fourth-order valence-corrected chi connectivity index (χ4v) is 1.34. The van der Waals surface area contributed by atoms with Crippen molar-refractivity contribution < 1.29 is 4.79 Å². The molecule has 0 radical (unpaired) electrons. The molecule has 0 aliphatic heterocycles. The molecule has 1 aromatic heterocycles. The topological polar surface area (TPSA) is 48.0 Å². The average Bonchev–Trinajstić information content (AvgIpc) is 2.30. The third-order valence-electron chi connectivity index (χ3n) is 1.64. The van der Waals surface area contributed by atoms with Crippen molar-refractivity contribution in [3.8, 4) is 0 Å². The Morgan fingerprint density at radius 3 is 2.50 bits per heavy atom. The minimum Gasteiger partial charge on any atom is -0.366 e. The zero-order valence-corrected chi connectivity index (χ0v) is 7.80. The lowest BCUT2D eigenvalue weighted by Gasteiger charge is -2.07. The molecule has 1 rings (SSSR count). The van der Waals surface area contributed by atoms with Gasteiger partial charge in [0, 0.05) is 12.2 Å². The predicted molar refractivity (Wildman–Crippen MR) is 48.3 cm³/mol. The number of halogens is 1. The molecule has 1 heterocycles. The van der Waals surface area contributed by atoms with E-state index in [1.54, 1.807) is 16.8 Å². The molecule has 0 saturated carbocycles. The van der Waals surface area contributed by atoms with E-state index in [-0.39, 0.29) is 6.04 Å². The Morgan fingerprint density at radius 1 is 1.67 bits per heavy atom. The van der Waals surface area contributed by atoms with Crippen LogP contribution < -0.4 is 5.73 Å². The molecule has 1 aromatic rings. The molecule has 0 spiro atoms. The quantitative estimate of drug-likeness (QED) is 0.753. The highest BCUT2D eigenvalue weighted by Crippen LogP contribution is 2.18. The molecule has 12 heavy (non-hydrogen) atoms. The fraction of sp³-hybridized carbons (Fsp3) is 0.375. The van der Waals surface area contributed by atoms with Gasteiger partial charge in [-0.1, -0.05) is 11.6 Å². The van der Waals surface area contributed by atoms with E-state index < -0.39 is 5.91 Å². The molecular weight excluding hydrogens is 176 g/mol. The zero-order valence-electron chi connectivity index (χ0n) is 7.04. The Bertz CT molecular complexity index is 304. The number of amides is 1. The van der Waals surface area contributed by atoms with Crippen molar-refractivity contribution in [2.24, 2.45) is 5.73 Å². The number of carbonyl (C=O) groups is 1. The Morgan fingerprint density at radius 2 is 2.25 bits per heavy atom. The highest BCUT2D eigenvalue weighted by atomic mass is 35.5. The first-order valence-electron chi connectivity index (χ1n) is 3.69. The van der Waals surface area contributed by atoms with E-state index in [0.717, 1.165) is 0 Å². The van der Waals surface area contributed by atoms with Gasteiger partial charge in [0.05, 0.1) is 5.56 Å². The summed E-state index contributed by atoms with van der Waals surface area (Å²) < 4.78 is 1.79. The SMILES string of the molecule is CC(C)n1cc(C(N)=O)cc1Cl. The van der Waals surface area contributed by atoms with E-state index in [9.17, 15) is 4.79 Å². The standard InChI is InChI=1S/C8H11ClN2O/c1-5(2)11-4-6(8(10)12)3-7(11)9/h3-5H,1-2H3,(H2,10,12). The van der Waals surface area contributed by atoms with Crippen molar-refractivity contribution in [2.75, 3.05) is 0 Å².